The number of nitrogens with one attached hydrogen (secondary N) is 1. The molecule has 2 aromatic rings. The molecule has 0 fully saturated rings. The summed E-state index contributed by atoms with van der Waals surface area (Å²) >= 11 is 0. The molecule has 1 N–H and O–H groups in total. The predicted molar refractivity (Wildman–Crippen MR) is 93.4 cm³/mol. The van der Waals surface area contributed by atoms with Gasteiger partial charge in [0.25, 0.3) is 5.91 Å². The number of carbonyl (C=O) groups is 2. The molecule has 1 heterocycles. The molecular weight excluding hydrogens is 318 g/mol. The van der Waals surface area contributed by atoms with E-state index >= 15 is 0 Å². The van der Waals surface area contributed by atoms with Crippen LogP contribution in [0.4, 0.5) is 0 Å². The zero-order valence-corrected chi connectivity index (χ0v) is 14.6. The van der Waals surface area contributed by atoms with Gasteiger partial charge in [-0.15, -0.1) is 0 Å². The fourth-order valence-electron chi connectivity index (χ4n) is 3.17. The van der Waals surface area contributed by atoms with E-state index in [4.69, 9.17) is 9.15 Å². The molecule has 0 bridgehead atoms. The number of ether oxygens (including phenoxy) is 1. The van der Waals surface area contributed by atoms with Crippen molar-refractivity contribution in [2.45, 2.75) is 45.6 Å². The van der Waals surface area contributed by atoms with Gasteiger partial charge in [-0.1, -0.05) is 18.2 Å². The largest absolute Gasteiger partial charge is 0.457 e. The van der Waals surface area contributed by atoms with Gasteiger partial charge in [-0.3, -0.25) is 4.79 Å². The molecule has 0 saturated heterocycles. The Balaban J connectivity index is 1.54. The van der Waals surface area contributed by atoms with Crippen LogP contribution in [0.25, 0.3) is 0 Å². The van der Waals surface area contributed by atoms with Crippen LogP contribution in [0.1, 0.15) is 58.6 Å². The first kappa shape index (κ1) is 17.3. The zero-order valence-electron chi connectivity index (χ0n) is 14.6. The van der Waals surface area contributed by atoms with Gasteiger partial charge in [-0.05, 0) is 62.3 Å². The molecule has 1 aliphatic rings. The van der Waals surface area contributed by atoms with Crippen molar-refractivity contribution in [3.8, 4) is 0 Å². The maximum atomic E-state index is 12.1. The molecular formula is C20H23NO4. The summed E-state index contributed by atoms with van der Waals surface area (Å²) in [5.74, 6) is -0.822. The summed E-state index contributed by atoms with van der Waals surface area (Å²) in [6.45, 7) is 3.35. The fraction of sp³-hybridized carbons (Fsp3) is 0.400. The topological polar surface area (TPSA) is 68.5 Å². The normalized spacial score (nSPS) is 14.5. The average molecular weight is 341 g/mol. The van der Waals surface area contributed by atoms with Crippen molar-refractivity contribution in [3.05, 3.63) is 58.5 Å². The quantitative estimate of drug-likeness (QED) is 0.845. The second-order valence-corrected chi connectivity index (χ2v) is 6.53. The zero-order chi connectivity index (χ0) is 17.8. The molecule has 5 nitrogen and oxygen atoms in total. The molecule has 132 valence electrons. The van der Waals surface area contributed by atoms with Crippen molar-refractivity contribution in [1.29, 1.82) is 0 Å². The van der Waals surface area contributed by atoms with Crippen LogP contribution in [0.3, 0.4) is 0 Å². The van der Waals surface area contributed by atoms with E-state index in [1.807, 2.05) is 6.92 Å². The van der Waals surface area contributed by atoms with Crippen LogP contribution in [0, 0.1) is 6.92 Å². The lowest BCUT2D eigenvalue weighted by Gasteiger charge is -2.20. The van der Waals surface area contributed by atoms with Crippen molar-refractivity contribution >= 4 is 11.9 Å². The highest BCUT2D eigenvalue weighted by Crippen LogP contribution is 2.24. The van der Waals surface area contributed by atoms with Gasteiger partial charge < -0.3 is 14.5 Å². The molecule has 3 rings (SSSR count). The molecule has 1 amide bonds. The lowest BCUT2D eigenvalue weighted by Crippen LogP contribution is -2.31. The summed E-state index contributed by atoms with van der Waals surface area (Å²) in [6.07, 6.45) is 6.13. The highest BCUT2D eigenvalue weighted by atomic mass is 16.5. The van der Waals surface area contributed by atoms with Gasteiger partial charge in [0, 0.05) is 5.56 Å². The van der Waals surface area contributed by atoms with E-state index in [-0.39, 0.29) is 24.3 Å². The first-order chi connectivity index (χ1) is 12.0. The Kier molecular flexibility index (Phi) is 5.22. The Hall–Kier alpha value is -2.56. The van der Waals surface area contributed by atoms with Crippen LogP contribution in [0.15, 0.2) is 34.9 Å². The number of benzene rings is 1. The molecule has 25 heavy (non-hydrogen) atoms. The SMILES string of the molecule is Cc1ccoc1C(=O)OCC(=O)NC(C)c1ccc2c(c1)CCCC2. The van der Waals surface area contributed by atoms with Crippen molar-refractivity contribution in [2.75, 3.05) is 6.61 Å². The van der Waals surface area contributed by atoms with Crippen molar-refractivity contribution < 1.29 is 18.7 Å². The first-order valence-electron chi connectivity index (χ1n) is 8.67. The summed E-state index contributed by atoms with van der Waals surface area (Å²) in [4.78, 5) is 23.9. The molecule has 5 heteroatoms. The van der Waals surface area contributed by atoms with Gasteiger partial charge in [0.15, 0.2) is 6.61 Å². The summed E-state index contributed by atoms with van der Waals surface area (Å²) in [5, 5.41) is 2.87. The first-order valence-corrected chi connectivity index (χ1v) is 8.67. The third-order valence-electron chi connectivity index (χ3n) is 4.63. The standard InChI is InChI=1S/C20H23NO4/c1-13-9-10-24-19(13)20(23)25-12-18(22)21-14(2)16-8-7-15-5-3-4-6-17(15)11-16/h7-11,14H,3-6,12H2,1-2H3,(H,21,22). The van der Waals surface area contributed by atoms with Gasteiger partial charge in [-0.2, -0.15) is 0 Å². The third kappa shape index (κ3) is 4.10. The summed E-state index contributed by atoms with van der Waals surface area (Å²) < 4.78 is 10.1. The molecule has 1 aromatic heterocycles. The smallest absolute Gasteiger partial charge is 0.375 e. The van der Waals surface area contributed by atoms with E-state index in [2.05, 4.69) is 23.5 Å². The fourth-order valence-corrected chi connectivity index (χ4v) is 3.17. The Morgan fingerprint density at radius 3 is 2.68 bits per heavy atom. The van der Waals surface area contributed by atoms with Crippen molar-refractivity contribution in [2.24, 2.45) is 0 Å². The number of amides is 1. The molecule has 1 atom stereocenters. The highest BCUT2D eigenvalue weighted by Gasteiger charge is 2.18. The summed E-state index contributed by atoms with van der Waals surface area (Å²) in [7, 11) is 0. The summed E-state index contributed by atoms with van der Waals surface area (Å²) in [6, 6.07) is 7.94. The minimum Gasteiger partial charge on any atom is -0.457 e. The number of furan rings is 1. The molecule has 1 aromatic carbocycles. The number of hydrogen-bond acceptors (Lipinski definition) is 4. The molecule has 0 radical (unpaired) electrons. The van der Waals surface area contributed by atoms with E-state index in [0.717, 1.165) is 18.4 Å². The van der Waals surface area contributed by atoms with Crippen molar-refractivity contribution in [1.82, 2.24) is 5.32 Å². The molecule has 1 aliphatic carbocycles. The Morgan fingerprint density at radius 1 is 1.20 bits per heavy atom. The van der Waals surface area contributed by atoms with Gasteiger partial charge in [0.1, 0.15) is 0 Å². The van der Waals surface area contributed by atoms with E-state index in [1.165, 1.54) is 30.2 Å². The minimum absolute atomic E-state index is 0.135. The van der Waals surface area contributed by atoms with Gasteiger partial charge >= 0.3 is 5.97 Å². The number of carbonyl (C=O) groups excluding carboxylic acids is 2. The lowest BCUT2D eigenvalue weighted by atomic mass is 9.89. The Morgan fingerprint density at radius 2 is 1.96 bits per heavy atom. The van der Waals surface area contributed by atoms with Crippen LogP contribution in [-0.4, -0.2) is 18.5 Å². The summed E-state index contributed by atoms with van der Waals surface area (Å²) in [5.41, 5.74) is 4.55. The molecule has 0 aliphatic heterocycles. The van der Waals surface area contributed by atoms with Crippen LogP contribution in [0.2, 0.25) is 0 Å². The second-order valence-electron chi connectivity index (χ2n) is 6.53. The minimum atomic E-state index is -0.626. The highest BCUT2D eigenvalue weighted by molar-refractivity contribution is 5.90. The van der Waals surface area contributed by atoms with E-state index in [9.17, 15) is 9.59 Å². The number of fused-ring (bicyclic) bond motifs is 1. The third-order valence-corrected chi connectivity index (χ3v) is 4.63. The second kappa shape index (κ2) is 7.55. The van der Waals surface area contributed by atoms with Gasteiger partial charge in [-0.25, -0.2) is 4.79 Å². The number of rotatable bonds is 5. The van der Waals surface area contributed by atoms with Crippen LogP contribution < -0.4 is 5.32 Å². The van der Waals surface area contributed by atoms with Crippen molar-refractivity contribution in [3.63, 3.8) is 0 Å². The maximum Gasteiger partial charge on any atom is 0.375 e. The Labute approximate surface area is 147 Å². The van der Waals surface area contributed by atoms with Crippen LogP contribution >= 0.6 is 0 Å². The number of esters is 1. The van der Waals surface area contributed by atoms with Crippen LogP contribution in [-0.2, 0) is 22.4 Å². The van der Waals surface area contributed by atoms with E-state index in [0.29, 0.717) is 5.56 Å². The molecule has 1 unspecified atom stereocenters. The molecule has 0 spiro atoms. The monoisotopic (exact) mass is 341 g/mol. The number of hydrogen-bond donors (Lipinski definition) is 1. The molecule has 0 saturated carbocycles. The average Bonchev–Trinajstić information content (AvgIpc) is 3.05. The maximum absolute atomic E-state index is 12.1. The van der Waals surface area contributed by atoms with E-state index in [1.54, 1.807) is 13.0 Å². The van der Waals surface area contributed by atoms with Gasteiger partial charge in [0.05, 0.1) is 12.3 Å². The number of aryl methyl sites for hydroxylation is 3. The van der Waals surface area contributed by atoms with E-state index < -0.39 is 5.97 Å². The lowest BCUT2D eigenvalue weighted by molar-refractivity contribution is -0.124. The Bertz CT molecular complexity index is 778. The predicted octanol–water partition coefficient (Wildman–Crippen LogP) is 3.50. The van der Waals surface area contributed by atoms with Gasteiger partial charge in [0.2, 0.25) is 5.76 Å². The van der Waals surface area contributed by atoms with Crippen LogP contribution in [0.5, 0.6) is 0 Å².